The molecule has 0 aliphatic carbocycles. The van der Waals surface area contributed by atoms with Gasteiger partial charge in [-0.1, -0.05) is 139 Å². The van der Waals surface area contributed by atoms with Crippen molar-refractivity contribution < 1.29 is 0 Å². The van der Waals surface area contributed by atoms with Gasteiger partial charge in [-0.3, -0.25) is 0 Å². The summed E-state index contributed by atoms with van der Waals surface area (Å²) in [5.41, 5.74) is 16.5. The molecule has 0 atom stereocenters. The smallest absolute Gasteiger partial charge is 0.0258 e. The summed E-state index contributed by atoms with van der Waals surface area (Å²) in [6.45, 7) is 26.9. The molecule has 0 aliphatic rings. The van der Waals surface area contributed by atoms with E-state index in [1.165, 1.54) is 108 Å². The van der Waals surface area contributed by atoms with Crippen molar-refractivity contribution in [1.82, 2.24) is 0 Å². The lowest BCUT2D eigenvalue weighted by Gasteiger charge is -2.28. The van der Waals surface area contributed by atoms with Crippen molar-refractivity contribution in [2.75, 3.05) is 0 Å². The lowest BCUT2D eigenvalue weighted by Crippen LogP contribution is -2.28. The van der Waals surface area contributed by atoms with Crippen molar-refractivity contribution in [1.29, 1.82) is 0 Å². The first kappa shape index (κ1) is 40.3. The molecule has 6 aromatic rings. The maximum Gasteiger partial charge on any atom is 0.0258 e. The van der Waals surface area contributed by atoms with Gasteiger partial charge < -0.3 is 0 Å². The summed E-state index contributed by atoms with van der Waals surface area (Å²) in [5, 5.41) is 8.76. The van der Waals surface area contributed by atoms with Gasteiger partial charge in [-0.05, 0) is 187 Å². The molecule has 0 amide bonds. The van der Waals surface area contributed by atoms with Crippen LogP contribution in [0.25, 0.3) is 0 Å². The quantitative estimate of drug-likeness (QED) is 0.147. The number of rotatable bonds is 6. The Kier molecular flexibility index (Phi) is 13.2. The standard InChI is InChI=1S/2C24H26BrP/c2*1-15-11-17(3)23(18(4)12-15)26(22-10-8-7-9-21(22)25)24-19(5)13-16(2)14-20(24)6/h2*7-14H,1-6H3. The highest BCUT2D eigenvalue weighted by atomic mass is 79.9. The van der Waals surface area contributed by atoms with Crippen LogP contribution in [0, 0.1) is 83.1 Å². The van der Waals surface area contributed by atoms with Crippen LogP contribution in [0.15, 0.2) is 106 Å². The average molecular weight is 851 g/mol. The van der Waals surface area contributed by atoms with Crippen molar-refractivity contribution >= 4 is 79.5 Å². The van der Waals surface area contributed by atoms with Crippen molar-refractivity contribution in [2.45, 2.75) is 83.1 Å². The molecule has 0 radical (unpaired) electrons. The maximum atomic E-state index is 3.83. The van der Waals surface area contributed by atoms with E-state index in [0.717, 1.165) is 0 Å². The van der Waals surface area contributed by atoms with Gasteiger partial charge >= 0.3 is 0 Å². The first-order valence-corrected chi connectivity index (χ1v) is 22.3. The Bertz CT molecular complexity index is 1900. The molecule has 0 unspecified atom stereocenters. The Morgan fingerprint density at radius 1 is 0.308 bits per heavy atom. The molecule has 0 aromatic heterocycles. The highest BCUT2D eigenvalue weighted by Crippen LogP contribution is 2.42. The number of aryl methyl sites for hydroxylation is 12. The Labute approximate surface area is 333 Å². The van der Waals surface area contributed by atoms with E-state index in [4.69, 9.17) is 0 Å². The van der Waals surface area contributed by atoms with E-state index >= 15 is 0 Å². The van der Waals surface area contributed by atoms with E-state index in [9.17, 15) is 0 Å². The second-order valence-corrected chi connectivity index (χ2v) is 20.4. The van der Waals surface area contributed by atoms with Crippen LogP contribution in [0.4, 0.5) is 0 Å². The lowest BCUT2D eigenvalue weighted by atomic mass is 10.1. The van der Waals surface area contributed by atoms with E-state index in [1.54, 1.807) is 0 Å². The summed E-state index contributed by atoms with van der Waals surface area (Å²) in [6.07, 6.45) is 0. The van der Waals surface area contributed by atoms with Gasteiger partial charge in [-0.25, -0.2) is 0 Å². The van der Waals surface area contributed by atoms with E-state index in [1.807, 2.05) is 0 Å². The van der Waals surface area contributed by atoms with Crippen molar-refractivity contribution in [3.8, 4) is 0 Å². The molecule has 0 nitrogen and oxygen atoms in total. The van der Waals surface area contributed by atoms with Crippen LogP contribution < -0.4 is 31.8 Å². The van der Waals surface area contributed by atoms with Gasteiger partial charge in [0, 0.05) is 8.95 Å². The second kappa shape index (κ2) is 17.1. The zero-order valence-electron chi connectivity index (χ0n) is 32.9. The fraction of sp³-hybridized carbons (Fsp3) is 0.250. The third-order valence-corrected chi connectivity index (χ3v) is 18.0. The molecule has 0 saturated heterocycles. The van der Waals surface area contributed by atoms with Gasteiger partial charge in [0.05, 0.1) is 0 Å². The van der Waals surface area contributed by atoms with E-state index < -0.39 is 15.8 Å². The molecule has 52 heavy (non-hydrogen) atoms. The molecule has 0 aliphatic heterocycles. The lowest BCUT2D eigenvalue weighted by molar-refractivity contribution is 1.34. The van der Waals surface area contributed by atoms with Crippen molar-refractivity contribution in [3.05, 3.63) is 173 Å². The SMILES string of the molecule is Cc1cc(C)c(P(c2ccccc2Br)c2c(C)cc(C)cc2C)c(C)c1.Cc1cc(C)c(P(c2ccccc2Br)c2c(C)cc(C)cc2C)c(C)c1. The normalized spacial score (nSPS) is 11.2. The topological polar surface area (TPSA) is 0 Å². The Morgan fingerprint density at radius 3 is 0.692 bits per heavy atom. The molecule has 0 fully saturated rings. The zero-order valence-corrected chi connectivity index (χ0v) is 37.8. The van der Waals surface area contributed by atoms with Gasteiger partial charge in [-0.2, -0.15) is 0 Å². The van der Waals surface area contributed by atoms with Crippen LogP contribution in [0.5, 0.6) is 0 Å². The van der Waals surface area contributed by atoms with Gasteiger partial charge in [0.25, 0.3) is 0 Å². The van der Waals surface area contributed by atoms with Crippen molar-refractivity contribution in [2.24, 2.45) is 0 Å². The summed E-state index contributed by atoms with van der Waals surface area (Å²) in [6, 6.07) is 36.0. The number of halogens is 2. The summed E-state index contributed by atoms with van der Waals surface area (Å²) in [5.74, 6) is 0. The third kappa shape index (κ3) is 8.74. The first-order valence-electron chi connectivity index (χ1n) is 18.0. The molecule has 0 spiro atoms. The van der Waals surface area contributed by atoms with Gasteiger partial charge in [0.1, 0.15) is 0 Å². The molecule has 0 bridgehead atoms. The molecule has 0 saturated carbocycles. The Balaban J connectivity index is 0.000000201. The second-order valence-electron chi connectivity index (χ2n) is 14.6. The number of hydrogen-bond acceptors (Lipinski definition) is 0. The highest BCUT2D eigenvalue weighted by molar-refractivity contribution is 9.11. The first-order chi connectivity index (χ1) is 24.6. The van der Waals surface area contributed by atoms with Crippen LogP contribution in [0.1, 0.15) is 66.8 Å². The highest BCUT2D eigenvalue weighted by Gasteiger charge is 2.27. The Hall–Kier alpha value is -2.86. The summed E-state index contributed by atoms with van der Waals surface area (Å²) in [7, 11) is -1.24. The van der Waals surface area contributed by atoms with Gasteiger partial charge in [-0.15, -0.1) is 0 Å². The number of benzene rings is 6. The van der Waals surface area contributed by atoms with Crippen LogP contribution in [-0.2, 0) is 0 Å². The van der Waals surface area contributed by atoms with Crippen LogP contribution in [0.2, 0.25) is 0 Å². The molecule has 0 N–H and O–H groups in total. The third-order valence-electron chi connectivity index (χ3n) is 9.62. The molecule has 4 heteroatoms. The summed E-state index contributed by atoms with van der Waals surface area (Å²) in [4.78, 5) is 0. The largest absolute Gasteiger partial charge is 0.0615 e. The van der Waals surface area contributed by atoms with E-state index in [-0.39, 0.29) is 0 Å². The fourth-order valence-electron chi connectivity index (χ4n) is 8.07. The maximum absolute atomic E-state index is 3.83. The van der Waals surface area contributed by atoms with E-state index in [2.05, 4.69) is 212 Å². The van der Waals surface area contributed by atoms with Crippen molar-refractivity contribution in [3.63, 3.8) is 0 Å². The summed E-state index contributed by atoms with van der Waals surface area (Å²) >= 11 is 7.67. The fourth-order valence-corrected chi connectivity index (χ4v) is 15.5. The van der Waals surface area contributed by atoms with Crippen LogP contribution >= 0.6 is 47.7 Å². The van der Waals surface area contributed by atoms with Gasteiger partial charge in [0.15, 0.2) is 0 Å². The molecule has 0 heterocycles. The molecule has 6 aromatic carbocycles. The van der Waals surface area contributed by atoms with E-state index in [0.29, 0.717) is 0 Å². The molecule has 6 rings (SSSR count). The molecular formula is C48H52Br2P2. The molecular weight excluding hydrogens is 798 g/mol. The predicted octanol–water partition coefficient (Wildman–Crippen LogP) is 12.1. The Morgan fingerprint density at radius 2 is 0.500 bits per heavy atom. The predicted molar refractivity (Wildman–Crippen MR) is 243 cm³/mol. The number of hydrogen-bond donors (Lipinski definition) is 0. The average Bonchev–Trinajstić information content (AvgIpc) is 3.02. The van der Waals surface area contributed by atoms with Crippen LogP contribution in [0.3, 0.4) is 0 Å². The van der Waals surface area contributed by atoms with Crippen LogP contribution in [-0.4, -0.2) is 0 Å². The monoisotopic (exact) mass is 848 g/mol. The van der Waals surface area contributed by atoms with Gasteiger partial charge in [0.2, 0.25) is 0 Å². The minimum atomic E-state index is -0.622. The minimum absolute atomic E-state index is 0.622. The summed E-state index contributed by atoms with van der Waals surface area (Å²) < 4.78 is 2.40. The minimum Gasteiger partial charge on any atom is -0.0615 e. The molecule has 268 valence electrons. The zero-order chi connectivity index (χ0) is 38.0.